The Kier molecular flexibility index (Phi) is 4.99. The zero-order valence-electron chi connectivity index (χ0n) is 15.5. The largest absolute Gasteiger partial charge is 0.264 e. The molecule has 1 aromatic carbocycles. The van der Waals surface area contributed by atoms with Crippen LogP contribution in [0.2, 0.25) is 5.02 Å². The van der Waals surface area contributed by atoms with Gasteiger partial charge in [-0.05, 0) is 55.8 Å². The van der Waals surface area contributed by atoms with Crippen molar-refractivity contribution in [1.29, 1.82) is 5.26 Å². The van der Waals surface area contributed by atoms with Crippen LogP contribution in [0.3, 0.4) is 0 Å². The zero-order valence-corrected chi connectivity index (χ0v) is 17.1. The molecular formula is C22H17ClN4S. The van der Waals surface area contributed by atoms with Gasteiger partial charge in [-0.1, -0.05) is 23.7 Å². The number of hydrogen-bond acceptors (Lipinski definition) is 4. The van der Waals surface area contributed by atoms with Gasteiger partial charge in [0.2, 0.25) is 0 Å². The first-order valence-electron chi connectivity index (χ1n) is 8.81. The molecule has 4 aromatic rings. The van der Waals surface area contributed by atoms with Crippen LogP contribution in [-0.2, 0) is 6.54 Å². The molecule has 3 heterocycles. The summed E-state index contributed by atoms with van der Waals surface area (Å²) in [5, 5.41) is 14.3. The highest BCUT2D eigenvalue weighted by Crippen LogP contribution is 2.32. The summed E-state index contributed by atoms with van der Waals surface area (Å²) in [7, 11) is 0. The smallest absolute Gasteiger partial charge is 0.101 e. The number of rotatable bonds is 4. The number of pyridine rings is 1. The summed E-state index contributed by atoms with van der Waals surface area (Å²) >= 11 is 7.96. The van der Waals surface area contributed by atoms with Crippen molar-refractivity contribution in [2.75, 3.05) is 0 Å². The Bertz CT molecular complexity index is 1190. The van der Waals surface area contributed by atoms with Crippen LogP contribution in [0, 0.1) is 25.2 Å². The fourth-order valence-corrected chi connectivity index (χ4v) is 4.48. The van der Waals surface area contributed by atoms with E-state index < -0.39 is 0 Å². The van der Waals surface area contributed by atoms with Gasteiger partial charge in [0.1, 0.15) is 6.07 Å². The van der Waals surface area contributed by atoms with E-state index in [1.807, 2.05) is 48.1 Å². The van der Waals surface area contributed by atoms with Gasteiger partial charge in [0.05, 0.1) is 33.4 Å². The number of nitrogens with zero attached hydrogens (tertiary/aromatic N) is 4. The number of aryl methyl sites for hydroxylation is 1. The quantitative estimate of drug-likeness (QED) is 0.427. The van der Waals surface area contributed by atoms with Crippen molar-refractivity contribution in [2.24, 2.45) is 0 Å². The summed E-state index contributed by atoms with van der Waals surface area (Å²) < 4.78 is 2.02. The lowest BCUT2D eigenvalue weighted by Gasteiger charge is -2.06. The van der Waals surface area contributed by atoms with Gasteiger partial charge in [0, 0.05) is 22.3 Å². The Hall–Kier alpha value is -2.94. The Balaban J connectivity index is 1.64. The van der Waals surface area contributed by atoms with Crippen molar-refractivity contribution in [2.45, 2.75) is 20.4 Å². The lowest BCUT2D eigenvalue weighted by atomic mass is 10.0. The van der Waals surface area contributed by atoms with Crippen LogP contribution in [0.15, 0.2) is 54.7 Å². The number of thiophene rings is 1. The summed E-state index contributed by atoms with van der Waals surface area (Å²) in [6.45, 7) is 4.77. The first-order valence-corrected chi connectivity index (χ1v) is 10.0. The zero-order chi connectivity index (χ0) is 19.7. The van der Waals surface area contributed by atoms with Gasteiger partial charge >= 0.3 is 0 Å². The number of benzene rings is 1. The molecule has 0 fully saturated rings. The van der Waals surface area contributed by atoms with Crippen molar-refractivity contribution in [3.05, 3.63) is 81.6 Å². The Morgan fingerprint density at radius 2 is 2.00 bits per heavy atom. The normalized spacial score (nSPS) is 10.8. The molecule has 0 N–H and O–H groups in total. The lowest BCUT2D eigenvalue weighted by molar-refractivity contribution is 0.666. The van der Waals surface area contributed by atoms with Gasteiger partial charge < -0.3 is 0 Å². The molecule has 3 aromatic heterocycles. The number of hydrogen-bond donors (Lipinski definition) is 0. The fourth-order valence-electron chi connectivity index (χ4n) is 3.29. The van der Waals surface area contributed by atoms with E-state index in [0.717, 1.165) is 33.1 Å². The van der Waals surface area contributed by atoms with E-state index in [-0.39, 0.29) is 0 Å². The molecule has 0 atom stereocenters. The van der Waals surface area contributed by atoms with E-state index in [4.69, 9.17) is 22.0 Å². The van der Waals surface area contributed by atoms with E-state index >= 15 is 0 Å². The highest BCUT2D eigenvalue weighted by atomic mass is 35.5. The maximum atomic E-state index is 9.09. The minimum absolute atomic E-state index is 0.463. The highest BCUT2D eigenvalue weighted by molar-refractivity contribution is 7.15. The maximum Gasteiger partial charge on any atom is 0.101 e. The number of nitriles is 1. The van der Waals surface area contributed by atoms with Crippen LogP contribution >= 0.6 is 22.9 Å². The van der Waals surface area contributed by atoms with Gasteiger partial charge in [-0.3, -0.25) is 9.67 Å². The third-order valence-corrected chi connectivity index (χ3v) is 6.05. The molecule has 4 rings (SSSR count). The summed E-state index contributed by atoms with van der Waals surface area (Å²) in [6.07, 6.45) is 1.81. The molecule has 0 radical (unpaired) electrons. The second-order valence-electron chi connectivity index (χ2n) is 6.49. The molecule has 0 unspecified atom stereocenters. The molecular weight excluding hydrogens is 388 g/mol. The van der Waals surface area contributed by atoms with E-state index in [1.54, 1.807) is 17.4 Å². The molecule has 0 aliphatic rings. The van der Waals surface area contributed by atoms with Crippen LogP contribution in [-0.4, -0.2) is 14.8 Å². The predicted molar refractivity (Wildman–Crippen MR) is 114 cm³/mol. The molecule has 28 heavy (non-hydrogen) atoms. The molecule has 0 bridgehead atoms. The second kappa shape index (κ2) is 7.59. The lowest BCUT2D eigenvalue weighted by Crippen LogP contribution is -2.02. The Labute approximate surface area is 172 Å². The first-order chi connectivity index (χ1) is 13.6. The molecule has 138 valence electrons. The average molecular weight is 405 g/mol. The van der Waals surface area contributed by atoms with Crippen molar-refractivity contribution in [3.63, 3.8) is 0 Å². The molecule has 0 amide bonds. The van der Waals surface area contributed by atoms with Gasteiger partial charge in [-0.15, -0.1) is 11.3 Å². The summed E-state index contributed by atoms with van der Waals surface area (Å²) in [5.41, 5.74) is 5.53. The van der Waals surface area contributed by atoms with Crippen LogP contribution < -0.4 is 0 Å². The molecule has 0 saturated carbocycles. The molecule has 0 spiro atoms. The van der Waals surface area contributed by atoms with Gasteiger partial charge in [-0.2, -0.15) is 10.4 Å². The predicted octanol–water partition coefficient (Wildman–Crippen LogP) is 5.86. The maximum absolute atomic E-state index is 9.09. The minimum Gasteiger partial charge on any atom is -0.264 e. The Morgan fingerprint density at radius 3 is 2.71 bits per heavy atom. The monoisotopic (exact) mass is 404 g/mol. The van der Waals surface area contributed by atoms with Crippen LogP contribution in [0.25, 0.3) is 21.7 Å². The van der Waals surface area contributed by atoms with E-state index in [9.17, 15) is 0 Å². The standard InChI is InChI=1S/C22H17ClN4S/c1-14-22(16-6-7-17(12-24)19(23)11-16)15(2)27(26-14)13-18-8-9-21(28-18)20-5-3-4-10-25-20/h3-11H,13H2,1-2H3. The van der Waals surface area contributed by atoms with Crippen molar-refractivity contribution < 1.29 is 0 Å². The van der Waals surface area contributed by atoms with E-state index in [2.05, 4.69) is 30.1 Å². The summed E-state index contributed by atoms with van der Waals surface area (Å²) in [5.74, 6) is 0. The minimum atomic E-state index is 0.463. The van der Waals surface area contributed by atoms with Crippen LogP contribution in [0.4, 0.5) is 0 Å². The Morgan fingerprint density at radius 1 is 1.14 bits per heavy atom. The summed E-state index contributed by atoms with van der Waals surface area (Å²) in [6, 6.07) is 17.8. The SMILES string of the molecule is Cc1nn(Cc2ccc(-c3ccccn3)s2)c(C)c1-c1ccc(C#N)c(Cl)c1. The highest BCUT2D eigenvalue weighted by Gasteiger charge is 2.16. The van der Waals surface area contributed by atoms with E-state index in [1.165, 1.54) is 4.88 Å². The molecule has 0 aliphatic carbocycles. The topological polar surface area (TPSA) is 54.5 Å². The van der Waals surface area contributed by atoms with Gasteiger partial charge in [-0.25, -0.2) is 0 Å². The third kappa shape index (κ3) is 3.45. The van der Waals surface area contributed by atoms with Crippen molar-refractivity contribution >= 4 is 22.9 Å². The average Bonchev–Trinajstić information content (AvgIpc) is 3.27. The van der Waals surface area contributed by atoms with Crippen molar-refractivity contribution in [1.82, 2.24) is 14.8 Å². The first kappa shape index (κ1) is 18.4. The molecule has 4 nitrogen and oxygen atoms in total. The number of halogens is 1. The van der Waals surface area contributed by atoms with Crippen molar-refractivity contribution in [3.8, 4) is 27.8 Å². The summed E-state index contributed by atoms with van der Waals surface area (Å²) in [4.78, 5) is 6.79. The number of aromatic nitrogens is 3. The second-order valence-corrected chi connectivity index (χ2v) is 8.07. The third-order valence-electron chi connectivity index (χ3n) is 4.64. The van der Waals surface area contributed by atoms with Gasteiger partial charge in [0.25, 0.3) is 0 Å². The molecule has 0 saturated heterocycles. The van der Waals surface area contributed by atoms with E-state index in [0.29, 0.717) is 17.1 Å². The van der Waals surface area contributed by atoms with Gasteiger partial charge in [0.15, 0.2) is 0 Å². The van der Waals surface area contributed by atoms with Crippen LogP contribution in [0.5, 0.6) is 0 Å². The van der Waals surface area contributed by atoms with Crippen LogP contribution in [0.1, 0.15) is 21.8 Å². The molecule has 6 heteroatoms. The molecule has 0 aliphatic heterocycles. The fraction of sp³-hybridized carbons (Fsp3) is 0.136.